The lowest BCUT2D eigenvalue weighted by atomic mass is 10.2. The molecule has 22 heavy (non-hydrogen) atoms. The lowest BCUT2D eigenvalue weighted by Gasteiger charge is -2.06. The van der Waals surface area contributed by atoms with Crippen molar-refractivity contribution in [1.82, 2.24) is 10.0 Å². The van der Waals surface area contributed by atoms with Crippen LogP contribution in [0, 0.1) is 0 Å². The highest BCUT2D eigenvalue weighted by atomic mass is 127. The second-order valence-electron chi connectivity index (χ2n) is 4.63. The van der Waals surface area contributed by atoms with Crippen LogP contribution in [0.15, 0.2) is 34.2 Å². The molecule has 0 amide bonds. The normalized spacial score (nSPS) is 11.8. The molecule has 4 N–H and O–H groups in total. The molecule has 0 spiro atoms. The second kappa shape index (κ2) is 10.8. The predicted octanol–water partition coefficient (Wildman–Crippen LogP) is 1.81. The first-order chi connectivity index (χ1) is 9.99. The molecule has 0 aromatic heterocycles. The van der Waals surface area contributed by atoms with Gasteiger partial charge in [-0.25, -0.2) is 18.1 Å². The average Bonchev–Trinajstić information content (AvgIpc) is 2.46. The van der Waals surface area contributed by atoms with Crippen LogP contribution in [0.4, 0.5) is 0 Å². The molecule has 8 heteroatoms. The number of nitrogens with two attached hydrogens (primary N) is 1. The zero-order chi connectivity index (χ0) is 15.7. The highest BCUT2D eigenvalue weighted by Crippen LogP contribution is 2.11. The van der Waals surface area contributed by atoms with Crippen molar-refractivity contribution in [3.8, 4) is 0 Å². The van der Waals surface area contributed by atoms with Gasteiger partial charge in [0.15, 0.2) is 5.96 Å². The molecule has 0 radical (unpaired) electrons. The van der Waals surface area contributed by atoms with Gasteiger partial charge in [-0.3, -0.25) is 0 Å². The monoisotopic (exact) mass is 440 g/mol. The van der Waals surface area contributed by atoms with Crippen LogP contribution < -0.4 is 15.8 Å². The minimum atomic E-state index is -3.40. The molecule has 0 heterocycles. The third kappa shape index (κ3) is 7.41. The van der Waals surface area contributed by atoms with Gasteiger partial charge < -0.3 is 11.1 Å². The van der Waals surface area contributed by atoms with E-state index in [4.69, 9.17) is 5.73 Å². The van der Waals surface area contributed by atoms with E-state index in [1.54, 1.807) is 31.2 Å². The van der Waals surface area contributed by atoms with E-state index in [-0.39, 0.29) is 28.9 Å². The lowest BCUT2D eigenvalue weighted by Crippen LogP contribution is -2.32. The fraction of sp³-hybridized carbons (Fsp3) is 0.500. The van der Waals surface area contributed by atoms with Gasteiger partial charge in [0, 0.05) is 13.1 Å². The number of nitrogens with zero attached hydrogens (tertiary/aromatic N) is 1. The topological polar surface area (TPSA) is 96.6 Å². The van der Waals surface area contributed by atoms with Gasteiger partial charge in [0.25, 0.3) is 0 Å². The standard InChI is InChI=1S/C14H24N4O2S.HI/c1-3-5-10-16-14(15)17-11-12-6-8-13(9-7-12)21(19,20)18-4-2;/h6-9,18H,3-5,10-11H2,1-2H3,(H3,15,16,17);1H. The smallest absolute Gasteiger partial charge is 0.240 e. The molecular weight excluding hydrogens is 415 g/mol. The maximum Gasteiger partial charge on any atom is 0.240 e. The van der Waals surface area contributed by atoms with Gasteiger partial charge >= 0.3 is 0 Å². The Kier molecular flexibility index (Phi) is 10.4. The molecule has 6 nitrogen and oxygen atoms in total. The molecule has 0 aliphatic heterocycles. The maximum absolute atomic E-state index is 11.8. The Morgan fingerprint density at radius 3 is 2.41 bits per heavy atom. The summed E-state index contributed by atoms with van der Waals surface area (Å²) < 4.78 is 26.0. The van der Waals surface area contributed by atoms with E-state index in [0.717, 1.165) is 24.9 Å². The Balaban J connectivity index is 0.00000441. The Morgan fingerprint density at radius 2 is 1.86 bits per heavy atom. The van der Waals surface area contributed by atoms with E-state index in [1.165, 1.54) is 0 Å². The van der Waals surface area contributed by atoms with Crippen molar-refractivity contribution in [2.45, 2.75) is 38.1 Å². The van der Waals surface area contributed by atoms with Gasteiger partial charge in [-0.1, -0.05) is 32.4 Å². The summed E-state index contributed by atoms with van der Waals surface area (Å²) in [5, 5.41) is 3.03. The second-order valence-corrected chi connectivity index (χ2v) is 6.39. The molecule has 0 saturated carbocycles. The molecule has 1 aromatic carbocycles. The van der Waals surface area contributed by atoms with Gasteiger partial charge in [-0.05, 0) is 24.1 Å². The molecule has 0 aliphatic carbocycles. The van der Waals surface area contributed by atoms with Crippen LogP contribution in [0.3, 0.4) is 0 Å². The highest BCUT2D eigenvalue weighted by Gasteiger charge is 2.11. The summed E-state index contributed by atoms with van der Waals surface area (Å²) in [6.45, 7) is 5.46. The van der Waals surface area contributed by atoms with Gasteiger partial charge in [-0.2, -0.15) is 0 Å². The van der Waals surface area contributed by atoms with E-state index in [2.05, 4.69) is 22.0 Å². The quantitative estimate of drug-likeness (QED) is 0.249. The Morgan fingerprint density at radius 1 is 1.23 bits per heavy atom. The van der Waals surface area contributed by atoms with E-state index < -0.39 is 10.0 Å². The highest BCUT2D eigenvalue weighted by molar-refractivity contribution is 14.0. The third-order valence-corrected chi connectivity index (χ3v) is 4.40. The number of hydrogen-bond acceptors (Lipinski definition) is 3. The SMILES string of the molecule is CCCCNC(N)=NCc1ccc(S(=O)(=O)NCC)cc1.I. The zero-order valence-electron chi connectivity index (χ0n) is 13.0. The number of guanidine groups is 1. The summed E-state index contributed by atoms with van der Waals surface area (Å²) in [6, 6.07) is 6.63. The largest absolute Gasteiger partial charge is 0.370 e. The van der Waals surface area contributed by atoms with E-state index in [9.17, 15) is 8.42 Å². The number of aliphatic imine (C=N–C) groups is 1. The molecule has 0 saturated heterocycles. The lowest BCUT2D eigenvalue weighted by molar-refractivity contribution is 0.584. The molecule has 0 aliphatic rings. The molecule has 1 rings (SSSR count). The summed E-state index contributed by atoms with van der Waals surface area (Å²) in [5.41, 5.74) is 6.64. The summed E-state index contributed by atoms with van der Waals surface area (Å²) in [6.07, 6.45) is 2.15. The minimum absolute atomic E-state index is 0. The van der Waals surface area contributed by atoms with Crippen molar-refractivity contribution in [2.75, 3.05) is 13.1 Å². The molecule has 0 bridgehead atoms. The maximum atomic E-state index is 11.8. The Labute approximate surface area is 150 Å². The third-order valence-electron chi connectivity index (χ3n) is 2.84. The number of nitrogens with one attached hydrogen (secondary N) is 2. The average molecular weight is 440 g/mol. The van der Waals surface area contributed by atoms with Crippen molar-refractivity contribution in [1.29, 1.82) is 0 Å². The summed E-state index contributed by atoms with van der Waals surface area (Å²) >= 11 is 0. The van der Waals surface area contributed by atoms with Crippen LogP contribution in [0.2, 0.25) is 0 Å². The molecule has 126 valence electrons. The Bertz CT molecular complexity index is 559. The number of benzene rings is 1. The number of hydrogen-bond donors (Lipinski definition) is 3. The zero-order valence-corrected chi connectivity index (χ0v) is 16.1. The van der Waals surface area contributed by atoms with Gasteiger partial charge in [0.2, 0.25) is 10.0 Å². The van der Waals surface area contributed by atoms with Crippen molar-refractivity contribution < 1.29 is 8.42 Å². The van der Waals surface area contributed by atoms with Crippen LogP contribution >= 0.6 is 24.0 Å². The fourth-order valence-electron chi connectivity index (χ4n) is 1.67. The minimum Gasteiger partial charge on any atom is -0.370 e. The molecule has 0 unspecified atom stereocenters. The number of halogens is 1. The van der Waals surface area contributed by atoms with Crippen LogP contribution in [0.25, 0.3) is 0 Å². The predicted molar refractivity (Wildman–Crippen MR) is 101 cm³/mol. The van der Waals surface area contributed by atoms with Gasteiger partial charge in [0.1, 0.15) is 0 Å². The van der Waals surface area contributed by atoms with Gasteiger partial charge in [0.05, 0.1) is 11.4 Å². The molecule has 0 fully saturated rings. The van der Waals surface area contributed by atoms with Crippen molar-refractivity contribution in [3.63, 3.8) is 0 Å². The van der Waals surface area contributed by atoms with Crippen molar-refractivity contribution >= 4 is 40.0 Å². The number of unbranched alkanes of at least 4 members (excludes halogenated alkanes) is 1. The van der Waals surface area contributed by atoms with Crippen LogP contribution in [-0.4, -0.2) is 27.5 Å². The number of sulfonamides is 1. The van der Waals surface area contributed by atoms with E-state index >= 15 is 0 Å². The first-order valence-electron chi connectivity index (χ1n) is 7.12. The number of rotatable bonds is 8. The summed E-state index contributed by atoms with van der Waals surface area (Å²) in [4.78, 5) is 4.47. The molecule has 0 atom stereocenters. The Hall–Kier alpha value is -0.870. The van der Waals surface area contributed by atoms with Crippen molar-refractivity contribution in [3.05, 3.63) is 29.8 Å². The molecular formula is C14H25IN4O2S. The van der Waals surface area contributed by atoms with Crippen LogP contribution in [0.1, 0.15) is 32.3 Å². The fourth-order valence-corrected chi connectivity index (χ4v) is 2.71. The van der Waals surface area contributed by atoms with Crippen LogP contribution in [-0.2, 0) is 16.6 Å². The van der Waals surface area contributed by atoms with E-state index in [0.29, 0.717) is 19.0 Å². The first kappa shape index (κ1) is 21.1. The first-order valence-corrected chi connectivity index (χ1v) is 8.60. The summed E-state index contributed by atoms with van der Waals surface area (Å²) in [7, 11) is -3.40. The van der Waals surface area contributed by atoms with Gasteiger partial charge in [-0.15, -0.1) is 24.0 Å². The van der Waals surface area contributed by atoms with Crippen molar-refractivity contribution in [2.24, 2.45) is 10.7 Å². The van der Waals surface area contributed by atoms with E-state index in [1.807, 2.05) is 0 Å². The molecule has 1 aromatic rings. The summed E-state index contributed by atoms with van der Waals surface area (Å²) in [5.74, 6) is 0.410. The van der Waals surface area contributed by atoms with Crippen LogP contribution in [0.5, 0.6) is 0 Å².